The van der Waals surface area contributed by atoms with E-state index in [0.717, 1.165) is 38.5 Å². The lowest BCUT2D eigenvalue weighted by Crippen LogP contribution is -2.60. The molecule has 1 fully saturated rings. The molecule has 3 N–H and O–H groups in total. The zero-order valence-electron chi connectivity index (χ0n) is 42.7. The van der Waals surface area contributed by atoms with Gasteiger partial charge in [0.15, 0.2) is 0 Å². The van der Waals surface area contributed by atoms with Gasteiger partial charge in [0.1, 0.15) is 11.8 Å². The summed E-state index contributed by atoms with van der Waals surface area (Å²) in [6, 6.07) is 6.40. The Hall–Kier alpha value is -3.65. The van der Waals surface area contributed by atoms with Crippen molar-refractivity contribution in [2.75, 3.05) is 41.4 Å². The quantitative estimate of drug-likeness (QED) is 0.0530. The molecule has 1 aliphatic heterocycles. The molecule has 10 atom stereocenters. The van der Waals surface area contributed by atoms with Gasteiger partial charge >= 0.3 is 0 Å². The number of likely N-dealkylation sites (tertiary alicyclic amines) is 1. The molecular formula is C52H89N5O8. The van der Waals surface area contributed by atoms with Gasteiger partial charge in [0, 0.05) is 39.6 Å². The van der Waals surface area contributed by atoms with Crippen molar-refractivity contribution in [3.8, 4) is 0 Å². The SMILES string of the molecule is C=CCC(C)C(C(CC(=O)N1CCCC1C(OC)C(C)C(=O)NC(C)C(O)c1ccccc1)OC)N(C)C(=O)C(NC(=O)C(C(C)C)N(C)CCCCCC(=O)C(C)(CC)CC)C(C)C. The van der Waals surface area contributed by atoms with Crippen molar-refractivity contribution in [1.29, 1.82) is 0 Å². The van der Waals surface area contributed by atoms with E-state index in [9.17, 15) is 29.1 Å². The minimum absolute atomic E-state index is 0.0162. The summed E-state index contributed by atoms with van der Waals surface area (Å²) >= 11 is 0. The van der Waals surface area contributed by atoms with Crippen LogP contribution in [0.3, 0.4) is 0 Å². The van der Waals surface area contributed by atoms with Crippen LogP contribution >= 0.6 is 0 Å². The van der Waals surface area contributed by atoms with Crippen LogP contribution in [0, 0.1) is 29.1 Å². The molecule has 1 saturated heterocycles. The van der Waals surface area contributed by atoms with E-state index < -0.39 is 48.4 Å². The average Bonchev–Trinajstić information content (AvgIpc) is 3.77. The summed E-state index contributed by atoms with van der Waals surface area (Å²) in [5.74, 6) is -1.65. The maximum Gasteiger partial charge on any atom is 0.245 e. The Kier molecular flexibility index (Phi) is 24.6. The van der Waals surface area contributed by atoms with Crippen molar-refractivity contribution in [3.63, 3.8) is 0 Å². The van der Waals surface area contributed by atoms with Crippen LogP contribution in [0.25, 0.3) is 0 Å². The zero-order chi connectivity index (χ0) is 49.2. The molecule has 2 rings (SSSR count). The molecule has 0 spiro atoms. The number of carbonyl (C=O) groups is 5. The van der Waals surface area contributed by atoms with Crippen molar-refractivity contribution in [2.24, 2.45) is 29.1 Å². The molecule has 1 heterocycles. The van der Waals surface area contributed by atoms with E-state index >= 15 is 0 Å². The monoisotopic (exact) mass is 912 g/mol. The van der Waals surface area contributed by atoms with Crippen molar-refractivity contribution in [3.05, 3.63) is 48.6 Å². The minimum Gasteiger partial charge on any atom is -0.386 e. The highest BCUT2D eigenvalue weighted by atomic mass is 16.5. The molecule has 13 nitrogen and oxygen atoms in total. The number of benzene rings is 1. The van der Waals surface area contributed by atoms with E-state index in [-0.39, 0.29) is 59.3 Å². The Bertz CT molecular complexity index is 1640. The molecule has 65 heavy (non-hydrogen) atoms. The Morgan fingerprint density at radius 1 is 0.908 bits per heavy atom. The molecule has 1 aliphatic rings. The molecule has 0 radical (unpaired) electrons. The molecular weight excluding hydrogens is 823 g/mol. The van der Waals surface area contributed by atoms with Crippen LogP contribution < -0.4 is 10.6 Å². The van der Waals surface area contributed by atoms with Gasteiger partial charge in [0.05, 0.1) is 54.8 Å². The first-order valence-corrected chi connectivity index (χ1v) is 24.5. The largest absolute Gasteiger partial charge is 0.386 e. The van der Waals surface area contributed by atoms with Gasteiger partial charge in [0.2, 0.25) is 23.6 Å². The first-order chi connectivity index (χ1) is 30.6. The highest BCUT2D eigenvalue weighted by Gasteiger charge is 2.43. The van der Waals surface area contributed by atoms with Gasteiger partial charge in [-0.2, -0.15) is 0 Å². The second-order valence-electron chi connectivity index (χ2n) is 19.8. The lowest BCUT2D eigenvalue weighted by atomic mass is 9.78. The second-order valence-corrected chi connectivity index (χ2v) is 19.8. The van der Waals surface area contributed by atoms with E-state index in [4.69, 9.17) is 9.47 Å². The number of aliphatic hydroxyl groups is 1. The van der Waals surface area contributed by atoms with E-state index in [0.29, 0.717) is 43.7 Å². The number of unbranched alkanes of at least 4 members (excludes halogenated alkanes) is 2. The predicted octanol–water partition coefficient (Wildman–Crippen LogP) is 7.36. The summed E-state index contributed by atoms with van der Waals surface area (Å²) in [7, 11) is 6.77. The maximum absolute atomic E-state index is 14.6. The van der Waals surface area contributed by atoms with Gasteiger partial charge in [0.25, 0.3) is 0 Å². The number of ether oxygens (including phenoxy) is 2. The molecule has 0 aliphatic carbocycles. The topological polar surface area (TPSA) is 158 Å². The summed E-state index contributed by atoms with van der Waals surface area (Å²) < 4.78 is 12.1. The first-order valence-electron chi connectivity index (χ1n) is 24.5. The molecule has 0 bridgehead atoms. The van der Waals surface area contributed by atoms with E-state index in [1.807, 2.05) is 72.0 Å². The van der Waals surface area contributed by atoms with Crippen LogP contribution in [0.1, 0.15) is 145 Å². The number of nitrogens with one attached hydrogen (secondary N) is 2. The Morgan fingerprint density at radius 2 is 1.54 bits per heavy atom. The van der Waals surface area contributed by atoms with Gasteiger partial charge < -0.3 is 35.0 Å². The number of likely N-dealkylation sites (N-methyl/N-ethyl adjacent to an activating group) is 2. The standard InChI is InChI=1S/C52H89N5O8/c1-16-26-36(8)46(56(13)51(63)44(34(4)5)54-50(62)45(35(6)7)55(12)31-24-20-23-30-42(58)52(11,17-2)18-3)41(64-14)33-43(59)57-32-25-29-40(57)48(65-15)37(9)49(61)53-38(10)47(60)39-27-21-19-22-28-39/h16,19,21-22,27-28,34-38,40-41,44-48,60H,1,17-18,20,23-26,29-33H2,2-15H3,(H,53,61)(H,54,62). The summed E-state index contributed by atoms with van der Waals surface area (Å²) in [6.45, 7) is 24.7. The predicted molar refractivity (Wildman–Crippen MR) is 260 cm³/mol. The van der Waals surface area contributed by atoms with Gasteiger partial charge in [-0.15, -0.1) is 6.58 Å². The van der Waals surface area contributed by atoms with Crippen LogP contribution in [-0.2, 0) is 33.4 Å². The number of allylic oxidation sites excluding steroid dienone is 1. The van der Waals surface area contributed by atoms with Crippen molar-refractivity contribution >= 4 is 29.4 Å². The van der Waals surface area contributed by atoms with Crippen molar-refractivity contribution in [2.45, 2.75) is 182 Å². The molecule has 0 saturated carbocycles. The summed E-state index contributed by atoms with van der Waals surface area (Å²) in [5.41, 5.74) is 0.441. The normalized spacial score (nSPS) is 18.6. The molecule has 10 unspecified atom stereocenters. The van der Waals surface area contributed by atoms with Crippen molar-refractivity contribution in [1.82, 2.24) is 25.3 Å². The number of carbonyl (C=O) groups excluding carboxylic acids is 5. The second kappa shape index (κ2) is 27.9. The Morgan fingerprint density at radius 3 is 2.08 bits per heavy atom. The fourth-order valence-corrected chi connectivity index (χ4v) is 9.73. The fourth-order valence-electron chi connectivity index (χ4n) is 9.73. The van der Waals surface area contributed by atoms with E-state index in [2.05, 4.69) is 42.9 Å². The van der Waals surface area contributed by atoms with Crippen LogP contribution in [0.4, 0.5) is 0 Å². The number of methoxy groups -OCH3 is 2. The van der Waals surface area contributed by atoms with Gasteiger partial charge in [-0.3, -0.25) is 28.9 Å². The fraction of sp³-hybridized carbons (Fsp3) is 0.750. The van der Waals surface area contributed by atoms with Gasteiger partial charge in [-0.05, 0) is 88.8 Å². The summed E-state index contributed by atoms with van der Waals surface area (Å²) in [6.07, 6.45) is 6.35. The number of nitrogens with zero attached hydrogens (tertiary/aromatic N) is 3. The highest BCUT2D eigenvalue weighted by Crippen LogP contribution is 2.31. The smallest absolute Gasteiger partial charge is 0.245 e. The third-order valence-corrected chi connectivity index (χ3v) is 14.4. The van der Waals surface area contributed by atoms with Crippen LogP contribution in [0.5, 0.6) is 0 Å². The number of hydrogen-bond acceptors (Lipinski definition) is 9. The van der Waals surface area contributed by atoms with Crippen LogP contribution in [-0.4, -0.2) is 133 Å². The number of aliphatic hydroxyl groups excluding tert-OH is 1. The number of rotatable bonds is 30. The first kappa shape index (κ1) is 57.5. The zero-order valence-corrected chi connectivity index (χ0v) is 42.7. The third kappa shape index (κ3) is 16.0. The molecule has 1 aromatic rings. The Balaban J connectivity index is 2.23. The number of amides is 4. The number of ketones is 1. The molecule has 1 aromatic carbocycles. The van der Waals surface area contributed by atoms with Gasteiger partial charge in [-0.1, -0.05) is 105 Å². The lowest BCUT2D eigenvalue weighted by molar-refractivity contribution is -0.148. The third-order valence-electron chi connectivity index (χ3n) is 14.4. The maximum atomic E-state index is 14.6. The number of Topliss-reactive ketones (excluding diaryl/α,β-unsaturated/α-hetero) is 1. The minimum atomic E-state index is -0.894. The number of hydrogen-bond donors (Lipinski definition) is 3. The molecule has 370 valence electrons. The lowest BCUT2D eigenvalue weighted by Gasteiger charge is -2.41. The van der Waals surface area contributed by atoms with Crippen molar-refractivity contribution < 1.29 is 38.6 Å². The van der Waals surface area contributed by atoms with Crippen LogP contribution in [0.2, 0.25) is 0 Å². The van der Waals surface area contributed by atoms with E-state index in [1.54, 1.807) is 51.0 Å². The molecule has 4 amide bonds. The summed E-state index contributed by atoms with van der Waals surface area (Å²) in [4.78, 5) is 75.1. The molecule has 0 aromatic heterocycles. The Labute approximate surface area is 393 Å². The molecule has 13 heteroatoms. The van der Waals surface area contributed by atoms with Crippen LogP contribution in [0.15, 0.2) is 43.0 Å². The van der Waals surface area contributed by atoms with E-state index in [1.165, 1.54) is 0 Å². The summed E-state index contributed by atoms with van der Waals surface area (Å²) in [5, 5.41) is 17.0. The highest BCUT2D eigenvalue weighted by molar-refractivity contribution is 5.90. The van der Waals surface area contributed by atoms with Gasteiger partial charge in [-0.25, -0.2) is 0 Å². The average molecular weight is 912 g/mol.